The Morgan fingerprint density at radius 3 is 1.85 bits per heavy atom. The van der Waals surface area contributed by atoms with Crippen LogP contribution in [0.5, 0.6) is 0 Å². The van der Waals surface area contributed by atoms with Crippen molar-refractivity contribution in [1.29, 1.82) is 0 Å². The number of carboxylic acid groups (broad SMARTS) is 1. The number of nitrogens with two attached hydrogens (primary N) is 1. The number of carboxylic acids is 1. The molecular formula is C48H48ClFN8O5S2. The Morgan fingerprint density at radius 1 is 0.754 bits per heavy atom. The van der Waals surface area contributed by atoms with Gasteiger partial charge in [0, 0.05) is 67.9 Å². The summed E-state index contributed by atoms with van der Waals surface area (Å²) in [5.41, 5.74) is 17.1. The fourth-order valence-electron chi connectivity index (χ4n) is 7.98. The van der Waals surface area contributed by atoms with Gasteiger partial charge in [0.1, 0.15) is 5.82 Å². The summed E-state index contributed by atoms with van der Waals surface area (Å²) in [5.74, 6) is -1.44. The number of carbonyl (C=O) groups is 2. The van der Waals surface area contributed by atoms with E-state index in [4.69, 9.17) is 31.8 Å². The third-order valence-corrected chi connectivity index (χ3v) is 13.0. The number of nitrogen functional groups attached to an aromatic ring is 1. The zero-order chi connectivity index (χ0) is 45.5. The number of aliphatic imine (C=N–C) groups is 2. The van der Waals surface area contributed by atoms with E-state index in [0.717, 1.165) is 122 Å². The molecule has 2 saturated heterocycles. The monoisotopic (exact) mass is 934 g/mol. The van der Waals surface area contributed by atoms with E-state index >= 15 is 0 Å². The molecule has 0 spiro atoms. The van der Waals surface area contributed by atoms with Crippen LogP contribution in [-0.2, 0) is 35.4 Å². The number of nitrogens with zero attached hydrogens (tertiary/aromatic N) is 6. The van der Waals surface area contributed by atoms with Gasteiger partial charge in [0.2, 0.25) is 0 Å². The standard InChI is InChI=1S/C24H23FN4O2S.C16H12ClNO2.C8H13N3OS/c1-15-11-17(25)5-6-19(15)21-12-16-3-2-4-20(22(16)27-21)23(30)28-24-26-18(14-32-24)13-29-7-9-31-10-8-29;1-9-7-11(17)5-6-12(9)14-8-10-3-2-4-13(16(19)20)15(10)18-14;9-8-10-7(6-13-8)5-11-1-3-12-4-2-11/h2-6,11,14H,7-10,12-13H2,1H3,(H,26,28,30);2-7H,8H2,1H3,(H,19,20);6H,1-5H2,(H2,9,10). The summed E-state index contributed by atoms with van der Waals surface area (Å²) < 4.78 is 24.1. The van der Waals surface area contributed by atoms with E-state index in [1.807, 2.05) is 61.0 Å². The van der Waals surface area contributed by atoms with E-state index < -0.39 is 5.97 Å². The van der Waals surface area contributed by atoms with Crippen molar-refractivity contribution < 1.29 is 28.6 Å². The number of amides is 1. The van der Waals surface area contributed by atoms with Crippen LogP contribution in [0, 0.1) is 19.7 Å². The van der Waals surface area contributed by atoms with Crippen molar-refractivity contribution in [3.8, 4) is 0 Å². The first-order chi connectivity index (χ1) is 31.5. The van der Waals surface area contributed by atoms with Gasteiger partial charge < -0.3 is 20.3 Å². The second kappa shape index (κ2) is 21.1. The molecule has 6 aromatic rings. The molecule has 4 aliphatic rings. The first kappa shape index (κ1) is 45.8. The molecule has 6 heterocycles. The number of fused-ring (bicyclic) bond motifs is 2. The number of nitrogens with one attached hydrogen (secondary N) is 1. The molecular weight excluding hydrogens is 887 g/mol. The van der Waals surface area contributed by atoms with Gasteiger partial charge in [-0.25, -0.2) is 19.2 Å². The number of hydrogen-bond acceptors (Lipinski definition) is 13. The number of carbonyl (C=O) groups excluding carboxylic acids is 1. The number of ether oxygens (including phenoxy) is 2. The number of thiazole rings is 2. The molecule has 2 fully saturated rings. The Hall–Kier alpha value is -5.72. The molecule has 1 amide bonds. The van der Waals surface area contributed by atoms with Gasteiger partial charge in [-0.05, 0) is 89.7 Å². The number of aromatic carboxylic acids is 1. The number of benzene rings is 4. The van der Waals surface area contributed by atoms with Gasteiger partial charge in [-0.3, -0.25) is 29.9 Å². The molecule has 0 bridgehead atoms. The smallest absolute Gasteiger partial charge is 0.337 e. The summed E-state index contributed by atoms with van der Waals surface area (Å²) >= 11 is 8.89. The van der Waals surface area contributed by atoms with Crippen molar-refractivity contribution in [2.45, 2.75) is 39.8 Å². The summed E-state index contributed by atoms with van der Waals surface area (Å²) in [5, 5.41) is 18.1. The lowest BCUT2D eigenvalue weighted by atomic mass is 9.99. The molecule has 4 N–H and O–H groups in total. The molecule has 17 heteroatoms. The maximum atomic E-state index is 13.5. The minimum absolute atomic E-state index is 0.227. The van der Waals surface area contributed by atoms with Crippen LogP contribution in [0.1, 0.15) is 65.5 Å². The molecule has 0 atom stereocenters. The van der Waals surface area contributed by atoms with E-state index in [1.165, 1.54) is 34.8 Å². The number of halogens is 2. The minimum Gasteiger partial charge on any atom is -0.478 e. The van der Waals surface area contributed by atoms with Gasteiger partial charge in [-0.2, -0.15) is 0 Å². The van der Waals surface area contributed by atoms with E-state index in [2.05, 4.69) is 30.1 Å². The first-order valence-corrected chi connectivity index (χ1v) is 23.3. The predicted molar refractivity (Wildman–Crippen MR) is 256 cm³/mol. The van der Waals surface area contributed by atoms with Gasteiger partial charge >= 0.3 is 5.97 Å². The molecule has 0 aliphatic carbocycles. The molecule has 4 aromatic carbocycles. The van der Waals surface area contributed by atoms with Crippen LogP contribution in [-0.4, -0.2) is 101 Å². The van der Waals surface area contributed by atoms with Gasteiger partial charge in [-0.15, -0.1) is 22.7 Å². The van der Waals surface area contributed by atoms with Crippen LogP contribution in [0.25, 0.3) is 0 Å². The normalized spacial score (nSPS) is 15.7. The van der Waals surface area contributed by atoms with E-state index in [-0.39, 0.29) is 17.3 Å². The summed E-state index contributed by atoms with van der Waals surface area (Å²) in [4.78, 5) is 47.0. The maximum absolute atomic E-state index is 13.5. The van der Waals surface area contributed by atoms with Crippen LogP contribution >= 0.6 is 34.3 Å². The molecule has 0 saturated carbocycles. The number of hydrogen-bond donors (Lipinski definition) is 3. The summed E-state index contributed by atoms with van der Waals surface area (Å²) in [6.45, 7) is 12.4. The van der Waals surface area contributed by atoms with Gasteiger partial charge in [-0.1, -0.05) is 41.9 Å². The Morgan fingerprint density at radius 2 is 1.29 bits per heavy atom. The molecule has 0 unspecified atom stereocenters. The minimum atomic E-state index is -0.945. The zero-order valence-corrected chi connectivity index (χ0v) is 38.4. The Bertz CT molecular complexity index is 2760. The highest BCUT2D eigenvalue weighted by molar-refractivity contribution is 7.14. The van der Waals surface area contributed by atoms with Crippen molar-refractivity contribution in [3.63, 3.8) is 0 Å². The topological polar surface area (TPSA) is 168 Å². The molecule has 10 rings (SSSR count). The van der Waals surface area contributed by atoms with Gasteiger partial charge in [0.05, 0.1) is 71.7 Å². The van der Waals surface area contributed by atoms with E-state index in [1.54, 1.807) is 24.3 Å². The molecule has 4 aliphatic heterocycles. The number of para-hydroxylation sites is 2. The van der Waals surface area contributed by atoms with Gasteiger partial charge in [0.25, 0.3) is 5.91 Å². The zero-order valence-electron chi connectivity index (χ0n) is 36.0. The molecule has 0 radical (unpaired) electrons. The summed E-state index contributed by atoms with van der Waals surface area (Å²) in [7, 11) is 0. The van der Waals surface area contributed by atoms with E-state index in [0.29, 0.717) is 45.1 Å². The highest BCUT2D eigenvalue weighted by Gasteiger charge is 2.25. The third-order valence-electron chi connectivity index (χ3n) is 11.2. The Kier molecular flexibility index (Phi) is 14.9. The van der Waals surface area contributed by atoms with Crippen molar-refractivity contribution in [3.05, 3.63) is 150 Å². The van der Waals surface area contributed by atoms with Crippen LogP contribution in [0.15, 0.2) is 93.5 Å². The number of aryl methyl sites for hydroxylation is 2. The second-order valence-electron chi connectivity index (χ2n) is 15.9. The van der Waals surface area contributed by atoms with Crippen molar-refractivity contribution in [2.75, 3.05) is 63.7 Å². The number of morpholine rings is 2. The number of aromatic nitrogens is 2. The fourth-order valence-corrected chi connectivity index (χ4v) is 9.46. The average molecular weight is 936 g/mol. The largest absolute Gasteiger partial charge is 0.478 e. The molecule has 336 valence electrons. The summed E-state index contributed by atoms with van der Waals surface area (Å²) in [6.07, 6.45) is 1.27. The SMILES string of the molecule is Cc1cc(Cl)ccc1C1=Nc2c(cccc2C(=O)O)C1.Cc1cc(F)ccc1C1=Nc2c(cccc2C(=O)Nc2nc(CN3CCOCC3)cs2)C1.Nc1nc(CN2CCOCC2)cs1. The van der Waals surface area contributed by atoms with Crippen LogP contribution in [0.3, 0.4) is 0 Å². The van der Waals surface area contributed by atoms with Crippen LogP contribution < -0.4 is 11.1 Å². The lowest BCUT2D eigenvalue weighted by Gasteiger charge is -2.25. The molecule has 2 aromatic heterocycles. The van der Waals surface area contributed by atoms with Crippen molar-refractivity contribution >= 4 is 79.2 Å². The highest BCUT2D eigenvalue weighted by Crippen LogP contribution is 2.35. The molecule has 65 heavy (non-hydrogen) atoms. The maximum Gasteiger partial charge on any atom is 0.337 e. The second-order valence-corrected chi connectivity index (χ2v) is 18.1. The lowest BCUT2D eigenvalue weighted by Crippen LogP contribution is -2.35. The Labute approximate surface area is 389 Å². The fraction of sp³-hybridized carbons (Fsp3) is 0.292. The number of anilines is 2. The quantitative estimate of drug-likeness (QED) is 0.127. The average Bonchev–Trinajstić information content (AvgIpc) is 4.12. The van der Waals surface area contributed by atoms with Crippen LogP contribution in [0.2, 0.25) is 5.02 Å². The van der Waals surface area contributed by atoms with E-state index in [9.17, 15) is 19.1 Å². The predicted octanol–water partition coefficient (Wildman–Crippen LogP) is 8.93. The van der Waals surface area contributed by atoms with Crippen molar-refractivity contribution in [2.24, 2.45) is 9.98 Å². The Balaban J connectivity index is 0.000000148. The summed E-state index contributed by atoms with van der Waals surface area (Å²) in [6, 6.07) is 21.2. The van der Waals surface area contributed by atoms with Crippen LogP contribution in [0.4, 0.5) is 26.0 Å². The molecule has 13 nitrogen and oxygen atoms in total. The highest BCUT2D eigenvalue weighted by atomic mass is 35.5. The number of rotatable bonds is 9. The first-order valence-electron chi connectivity index (χ1n) is 21.2. The van der Waals surface area contributed by atoms with Gasteiger partial charge in [0.15, 0.2) is 10.3 Å². The lowest BCUT2D eigenvalue weighted by molar-refractivity contribution is 0.0336. The third kappa shape index (κ3) is 11.6. The van der Waals surface area contributed by atoms with Crippen molar-refractivity contribution in [1.82, 2.24) is 19.8 Å².